The third-order valence-corrected chi connectivity index (χ3v) is 8.94. The number of unbranched alkanes of at least 4 members (excludes halogenated alkanes) is 5. The van der Waals surface area contributed by atoms with E-state index in [1.807, 2.05) is 54.6 Å². The molecule has 8 heteroatoms. The summed E-state index contributed by atoms with van der Waals surface area (Å²) >= 11 is 1.39. The molecular weight excluding hydrogens is 570 g/mol. The summed E-state index contributed by atoms with van der Waals surface area (Å²) in [5.74, 6) is -0.00912. The van der Waals surface area contributed by atoms with Crippen molar-refractivity contribution < 1.29 is 19.4 Å². The van der Waals surface area contributed by atoms with E-state index in [1.165, 1.54) is 43.4 Å². The fraction of sp³-hybridized carbons (Fsp3) is 0.389. The van der Waals surface area contributed by atoms with Crippen LogP contribution in [0.3, 0.4) is 0 Å². The summed E-state index contributed by atoms with van der Waals surface area (Å²) in [5.41, 5.74) is 3.46. The van der Waals surface area contributed by atoms with Crippen molar-refractivity contribution in [1.29, 1.82) is 0 Å². The van der Waals surface area contributed by atoms with Crippen LogP contribution in [-0.4, -0.2) is 39.6 Å². The minimum atomic E-state index is -1.08. The molecule has 0 radical (unpaired) electrons. The number of carboxylic acids is 1. The summed E-state index contributed by atoms with van der Waals surface area (Å²) in [4.78, 5) is 35.4. The van der Waals surface area contributed by atoms with Gasteiger partial charge in [0.05, 0.1) is 11.5 Å². The van der Waals surface area contributed by atoms with E-state index in [0.29, 0.717) is 10.7 Å². The molecule has 1 atom stereocenters. The van der Waals surface area contributed by atoms with Crippen molar-refractivity contribution in [1.82, 2.24) is 15.3 Å². The van der Waals surface area contributed by atoms with Crippen molar-refractivity contribution in [3.8, 4) is 28.3 Å². The van der Waals surface area contributed by atoms with Crippen LogP contribution in [0.5, 0.6) is 5.75 Å². The second-order valence-electron chi connectivity index (χ2n) is 12.1. The number of aliphatic carboxylic acids is 1. The van der Waals surface area contributed by atoms with Crippen molar-refractivity contribution in [3.63, 3.8) is 0 Å². The smallest absolute Gasteiger partial charge is 0.326 e. The molecule has 4 aromatic rings. The third kappa shape index (κ3) is 9.48. The minimum absolute atomic E-state index is 0.0748. The van der Waals surface area contributed by atoms with E-state index in [-0.39, 0.29) is 17.7 Å². The largest absolute Gasteiger partial charge is 0.494 e. The fourth-order valence-electron chi connectivity index (χ4n) is 4.76. The Bertz CT molecular complexity index is 1490. The van der Waals surface area contributed by atoms with Crippen LogP contribution in [0.25, 0.3) is 22.5 Å². The third-order valence-electron chi connectivity index (χ3n) is 7.43. The minimum Gasteiger partial charge on any atom is -0.494 e. The van der Waals surface area contributed by atoms with E-state index in [2.05, 4.69) is 43.0 Å². The Hall–Kier alpha value is -4.04. The van der Waals surface area contributed by atoms with Gasteiger partial charge in [0.25, 0.3) is 5.91 Å². The molecule has 0 saturated carbocycles. The topological polar surface area (TPSA) is 101 Å². The molecule has 2 N–H and O–H groups in total. The predicted molar refractivity (Wildman–Crippen MR) is 177 cm³/mol. The molecule has 1 amide bonds. The van der Waals surface area contributed by atoms with Crippen LogP contribution in [-0.2, 0) is 16.6 Å². The monoisotopic (exact) mass is 613 g/mol. The zero-order valence-corrected chi connectivity index (χ0v) is 27.0. The van der Waals surface area contributed by atoms with Crippen LogP contribution < -0.4 is 10.1 Å². The summed E-state index contributed by atoms with van der Waals surface area (Å²) in [7, 11) is 0. The normalized spacial score (nSPS) is 12.1. The van der Waals surface area contributed by atoms with E-state index < -0.39 is 12.0 Å². The Morgan fingerprint density at radius 2 is 1.48 bits per heavy atom. The number of carboxylic acid groups (broad SMARTS) is 1. The van der Waals surface area contributed by atoms with Crippen LogP contribution in [0.4, 0.5) is 0 Å². The van der Waals surface area contributed by atoms with E-state index in [9.17, 15) is 14.7 Å². The lowest BCUT2D eigenvalue weighted by Crippen LogP contribution is -2.42. The van der Waals surface area contributed by atoms with Gasteiger partial charge in [-0.25, -0.2) is 14.8 Å². The highest BCUT2D eigenvalue weighted by atomic mass is 32.1. The van der Waals surface area contributed by atoms with Crippen molar-refractivity contribution in [3.05, 3.63) is 88.4 Å². The first-order chi connectivity index (χ1) is 21.1. The molecule has 0 fully saturated rings. The van der Waals surface area contributed by atoms with Crippen LogP contribution in [0.2, 0.25) is 0 Å². The second kappa shape index (κ2) is 15.6. The molecule has 0 aliphatic carbocycles. The van der Waals surface area contributed by atoms with Gasteiger partial charge in [-0.05, 0) is 47.2 Å². The predicted octanol–water partition coefficient (Wildman–Crippen LogP) is 8.33. The maximum absolute atomic E-state index is 12.8. The lowest BCUT2D eigenvalue weighted by atomic mass is 9.95. The Labute approximate surface area is 264 Å². The number of benzene rings is 2. The zero-order valence-electron chi connectivity index (χ0n) is 26.1. The van der Waals surface area contributed by atoms with Crippen molar-refractivity contribution in [2.24, 2.45) is 0 Å². The molecular formula is C36H43N3O4S. The van der Waals surface area contributed by atoms with E-state index in [1.54, 1.807) is 18.5 Å². The molecule has 0 saturated heterocycles. The highest BCUT2D eigenvalue weighted by Crippen LogP contribution is 2.29. The first kappa shape index (κ1) is 32.9. The summed E-state index contributed by atoms with van der Waals surface area (Å²) < 4.78 is 5.89. The van der Waals surface area contributed by atoms with Gasteiger partial charge in [0.15, 0.2) is 5.82 Å². The maximum Gasteiger partial charge on any atom is 0.326 e. The molecule has 0 spiro atoms. The van der Waals surface area contributed by atoms with Crippen molar-refractivity contribution >= 4 is 23.2 Å². The van der Waals surface area contributed by atoms with Gasteiger partial charge < -0.3 is 15.2 Å². The number of aromatic nitrogens is 2. The van der Waals surface area contributed by atoms with Gasteiger partial charge in [0.2, 0.25) is 0 Å². The molecule has 0 aliphatic heterocycles. The first-order valence-corrected chi connectivity index (χ1v) is 16.2. The molecule has 7 nitrogen and oxygen atoms in total. The summed E-state index contributed by atoms with van der Waals surface area (Å²) in [6.07, 6.45) is 11.2. The van der Waals surface area contributed by atoms with E-state index >= 15 is 0 Å². The van der Waals surface area contributed by atoms with Crippen LogP contribution in [0, 0.1) is 0 Å². The highest BCUT2D eigenvalue weighted by molar-refractivity contribution is 7.14. The quantitative estimate of drug-likeness (QED) is 0.131. The number of ether oxygens (including phenoxy) is 1. The van der Waals surface area contributed by atoms with E-state index in [0.717, 1.165) is 45.9 Å². The Balaban J connectivity index is 1.30. The Morgan fingerprint density at radius 3 is 2.09 bits per heavy atom. The molecule has 2 aromatic heterocycles. The average molecular weight is 614 g/mol. The lowest BCUT2D eigenvalue weighted by molar-refractivity contribution is -0.139. The van der Waals surface area contributed by atoms with Crippen LogP contribution in [0.1, 0.15) is 86.3 Å². The van der Waals surface area contributed by atoms with Gasteiger partial charge in [-0.3, -0.25) is 4.79 Å². The molecule has 2 aromatic carbocycles. The average Bonchev–Trinajstić information content (AvgIpc) is 3.53. The molecule has 0 aliphatic rings. The molecule has 4 rings (SSSR count). The molecule has 232 valence electrons. The fourth-order valence-corrected chi connectivity index (χ4v) is 5.73. The summed E-state index contributed by atoms with van der Waals surface area (Å²) in [5, 5.41) is 12.5. The number of amides is 1. The molecule has 44 heavy (non-hydrogen) atoms. The van der Waals surface area contributed by atoms with Gasteiger partial charge in [0, 0.05) is 34.8 Å². The number of rotatable bonds is 15. The molecule has 0 bridgehead atoms. The van der Waals surface area contributed by atoms with Crippen molar-refractivity contribution in [2.75, 3.05) is 6.61 Å². The summed E-state index contributed by atoms with van der Waals surface area (Å²) in [6.45, 7) is 9.21. The number of thiophene rings is 1. The van der Waals surface area contributed by atoms with Gasteiger partial charge >= 0.3 is 5.97 Å². The maximum atomic E-state index is 12.8. The number of nitrogens with one attached hydrogen (secondary N) is 1. The van der Waals surface area contributed by atoms with Gasteiger partial charge in [-0.2, -0.15) is 0 Å². The molecule has 2 heterocycles. The number of carbonyl (C=O) groups excluding carboxylic acids is 1. The van der Waals surface area contributed by atoms with Crippen molar-refractivity contribution in [2.45, 2.75) is 84.1 Å². The highest BCUT2D eigenvalue weighted by Gasteiger charge is 2.24. The zero-order chi connectivity index (χ0) is 31.5. The van der Waals surface area contributed by atoms with E-state index in [4.69, 9.17) is 4.74 Å². The Morgan fingerprint density at radius 1 is 0.841 bits per heavy atom. The standard InChI is InChI=1S/C36H43N3O4S/c1-5-6-7-8-9-10-21-43-29-17-15-26(16-18-29)28-23-37-33(38-24-28)27-13-11-25(12-14-27)22-30(35(41)42)39-34(40)31-19-20-32(44-31)36(2,3)4/h11-20,23-24,30H,5-10,21-22H2,1-4H3,(H,39,40)(H,41,42). The number of hydrogen-bond donors (Lipinski definition) is 2. The molecule has 1 unspecified atom stereocenters. The SMILES string of the molecule is CCCCCCCCOc1ccc(-c2cnc(-c3ccc(CC(NC(=O)c4ccc(C(C)(C)C)s4)C(=O)O)cc3)nc2)cc1. The van der Waals surface area contributed by atoms with Crippen LogP contribution in [0.15, 0.2) is 73.1 Å². The number of carbonyl (C=O) groups is 2. The summed E-state index contributed by atoms with van der Waals surface area (Å²) in [6, 6.07) is 18.1. The number of hydrogen-bond acceptors (Lipinski definition) is 6. The number of nitrogens with zero attached hydrogens (tertiary/aromatic N) is 2. The van der Waals surface area contributed by atoms with Gasteiger partial charge in [-0.1, -0.05) is 96.2 Å². The van der Waals surface area contributed by atoms with Gasteiger partial charge in [-0.15, -0.1) is 11.3 Å². The van der Waals surface area contributed by atoms with Gasteiger partial charge in [0.1, 0.15) is 11.8 Å². The second-order valence-corrected chi connectivity index (χ2v) is 13.2. The van der Waals surface area contributed by atoms with Crippen LogP contribution >= 0.6 is 11.3 Å². The first-order valence-electron chi connectivity index (χ1n) is 15.4. The lowest BCUT2D eigenvalue weighted by Gasteiger charge is -2.16. The Kier molecular flexibility index (Phi) is 11.7.